The van der Waals surface area contributed by atoms with Crippen molar-refractivity contribution in [3.63, 3.8) is 0 Å². The molecule has 1 saturated heterocycles. The molecule has 4 rings (SSSR count). The topological polar surface area (TPSA) is 58.6 Å². The predicted molar refractivity (Wildman–Crippen MR) is 130 cm³/mol. The van der Waals surface area contributed by atoms with Gasteiger partial charge in [0, 0.05) is 24.4 Å². The lowest BCUT2D eigenvalue weighted by atomic mass is 10.1. The molecule has 1 atom stereocenters. The average molecular weight is 443 g/mol. The van der Waals surface area contributed by atoms with E-state index in [9.17, 15) is 9.59 Å². The summed E-state index contributed by atoms with van der Waals surface area (Å²) in [5.41, 5.74) is 4.59. The summed E-state index contributed by atoms with van der Waals surface area (Å²) in [4.78, 5) is 27.4. The molecule has 33 heavy (non-hydrogen) atoms. The van der Waals surface area contributed by atoms with Crippen LogP contribution in [0.25, 0.3) is 0 Å². The number of aryl methyl sites for hydroxylation is 1. The Morgan fingerprint density at radius 3 is 2.30 bits per heavy atom. The van der Waals surface area contributed by atoms with Gasteiger partial charge in [0.15, 0.2) is 0 Å². The lowest BCUT2D eigenvalue weighted by Gasteiger charge is -2.23. The fraction of sp³-hybridized carbons (Fsp3) is 0.286. The Morgan fingerprint density at radius 1 is 0.939 bits per heavy atom. The van der Waals surface area contributed by atoms with Crippen LogP contribution in [0, 0.1) is 6.92 Å². The largest absolute Gasteiger partial charge is 0.376 e. The van der Waals surface area contributed by atoms with E-state index in [0.29, 0.717) is 25.1 Å². The van der Waals surface area contributed by atoms with Crippen LogP contribution < -0.4 is 10.2 Å². The van der Waals surface area contributed by atoms with Crippen molar-refractivity contribution in [2.45, 2.75) is 38.8 Å². The summed E-state index contributed by atoms with van der Waals surface area (Å²) in [5.74, 6) is -0.0756. The first-order valence-electron chi connectivity index (χ1n) is 11.5. The smallest absolute Gasteiger partial charge is 0.258 e. The molecule has 3 aromatic rings. The number of carbonyl (C=O) groups is 2. The number of hydrogen-bond donors (Lipinski definition) is 1. The number of carbonyl (C=O) groups excluding carboxylic acids is 2. The fourth-order valence-electron chi connectivity index (χ4n) is 3.97. The van der Waals surface area contributed by atoms with Crippen LogP contribution in [-0.4, -0.2) is 31.1 Å². The number of nitrogens with one attached hydrogen (secondary N) is 1. The molecule has 1 N–H and O–H groups in total. The molecule has 3 aromatic carbocycles. The van der Waals surface area contributed by atoms with Crippen LogP contribution in [0.15, 0.2) is 78.9 Å². The van der Waals surface area contributed by atoms with Crippen molar-refractivity contribution in [2.24, 2.45) is 0 Å². The maximum absolute atomic E-state index is 13.3. The van der Waals surface area contributed by atoms with Crippen molar-refractivity contribution in [1.29, 1.82) is 0 Å². The number of ether oxygens (including phenoxy) is 1. The molecule has 0 saturated carbocycles. The van der Waals surface area contributed by atoms with E-state index in [-0.39, 0.29) is 17.9 Å². The minimum absolute atomic E-state index is 0.0184. The summed E-state index contributed by atoms with van der Waals surface area (Å²) in [7, 11) is 0. The third-order valence-electron chi connectivity index (χ3n) is 5.89. The van der Waals surface area contributed by atoms with Gasteiger partial charge in [-0.1, -0.05) is 60.2 Å². The molecule has 0 bridgehead atoms. The summed E-state index contributed by atoms with van der Waals surface area (Å²) < 4.78 is 5.56. The van der Waals surface area contributed by atoms with Crippen LogP contribution in [0.1, 0.15) is 39.9 Å². The molecule has 5 heteroatoms. The van der Waals surface area contributed by atoms with Crippen LogP contribution >= 0.6 is 0 Å². The molecule has 1 heterocycles. The van der Waals surface area contributed by atoms with Crippen molar-refractivity contribution in [3.05, 3.63) is 101 Å². The number of benzene rings is 3. The lowest BCUT2D eigenvalue weighted by Crippen LogP contribution is -2.32. The van der Waals surface area contributed by atoms with E-state index in [1.165, 1.54) is 5.56 Å². The highest BCUT2D eigenvalue weighted by atomic mass is 16.5. The SMILES string of the molecule is Cc1ccc(CN(C(=O)c2ccccc2)c2ccc(CC(=O)NC[C@H]3CCCO3)cc2)cc1. The van der Waals surface area contributed by atoms with Crippen molar-refractivity contribution in [1.82, 2.24) is 5.32 Å². The van der Waals surface area contributed by atoms with Crippen molar-refractivity contribution < 1.29 is 14.3 Å². The molecule has 170 valence electrons. The van der Waals surface area contributed by atoms with Gasteiger partial charge in [0.25, 0.3) is 5.91 Å². The molecule has 0 radical (unpaired) electrons. The van der Waals surface area contributed by atoms with Crippen LogP contribution in [0.4, 0.5) is 5.69 Å². The van der Waals surface area contributed by atoms with E-state index >= 15 is 0 Å². The van der Waals surface area contributed by atoms with Gasteiger partial charge in [0.1, 0.15) is 0 Å². The Morgan fingerprint density at radius 2 is 1.64 bits per heavy atom. The fourth-order valence-corrected chi connectivity index (χ4v) is 3.97. The number of hydrogen-bond acceptors (Lipinski definition) is 3. The summed E-state index contributed by atoms with van der Waals surface area (Å²) in [5, 5.41) is 2.96. The monoisotopic (exact) mass is 442 g/mol. The van der Waals surface area contributed by atoms with Gasteiger partial charge >= 0.3 is 0 Å². The Hall–Kier alpha value is -3.44. The van der Waals surface area contributed by atoms with Gasteiger partial charge in [-0.15, -0.1) is 0 Å². The van der Waals surface area contributed by atoms with Crippen LogP contribution in [0.3, 0.4) is 0 Å². The molecule has 1 fully saturated rings. The second-order valence-corrected chi connectivity index (χ2v) is 8.53. The molecule has 0 unspecified atom stereocenters. The van der Waals surface area contributed by atoms with Gasteiger partial charge in [-0.3, -0.25) is 9.59 Å². The first kappa shape index (κ1) is 22.7. The van der Waals surface area contributed by atoms with E-state index in [1.807, 2.05) is 73.7 Å². The molecular formula is C28H30N2O3. The Bertz CT molecular complexity index is 1060. The second kappa shape index (κ2) is 10.9. The highest BCUT2D eigenvalue weighted by Crippen LogP contribution is 2.22. The average Bonchev–Trinajstić information content (AvgIpc) is 3.37. The van der Waals surface area contributed by atoms with E-state index in [1.54, 1.807) is 4.90 Å². The maximum Gasteiger partial charge on any atom is 0.258 e. The Balaban J connectivity index is 1.47. The quantitative estimate of drug-likeness (QED) is 0.551. The summed E-state index contributed by atoms with van der Waals surface area (Å²) >= 11 is 0. The maximum atomic E-state index is 13.3. The molecule has 5 nitrogen and oxygen atoms in total. The minimum Gasteiger partial charge on any atom is -0.376 e. The molecular weight excluding hydrogens is 412 g/mol. The molecule has 0 aromatic heterocycles. The zero-order valence-corrected chi connectivity index (χ0v) is 19.0. The molecule has 2 amide bonds. The lowest BCUT2D eigenvalue weighted by molar-refractivity contribution is -0.120. The number of nitrogens with zero attached hydrogens (tertiary/aromatic N) is 1. The zero-order valence-electron chi connectivity index (χ0n) is 19.0. The normalized spacial score (nSPS) is 15.2. The first-order valence-corrected chi connectivity index (χ1v) is 11.5. The Labute approximate surface area is 195 Å². The van der Waals surface area contributed by atoms with Gasteiger partial charge in [0.05, 0.1) is 19.1 Å². The summed E-state index contributed by atoms with van der Waals surface area (Å²) in [6.07, 6.45) is 2.50. The zero-order chi connectivity index (χ0) is 23.0. The van der Waals surface area contributed by atoms with E-state index in [2.05, 4.69) is 17.4 Å². The summed E-state index contributed by atoms with van der Waals surface area (Å²) in [6, 6.07) is 25.2. The van der Waals surface area contributed by atoms with Crippen molar-refractivity contribution in [3.8, 4) is 0 Å². The Kier molecular flexibility index (Phi) is 7.53. The van der Waals surface area contributed by atoms with Gasteiger partial charge < -0.3 is 15.0 Å². The van der Waals surface area contributed by atoms with Crippen LogP contribution in [0.2, 0.25) is 0 Å². The third-order valence-corrected chi connectivity index (χ3v) is 5.89. The number of anilines is 1. The molecule has 1 aliphatic heterocycles. The summed E-state index contributed by atoms with van der Waals surface area (Å²) in [6.45, 7) is 3.86. The van der Waals surface area contributed by atoms with Gasteiger partial charge in [0.2, 0.25) is 5.91 Å². The van der Waals surface area contributed by atoms with Gasteiger partial charge in [-0.25, -0.2) is 0 Å². The number of amides is 2. The highest BCUT2D eigenvalue weighted by molar-refractivity contribution is 6.06. The van der Waals surface area contributed by atoms with Crippen molar-refractivity contribution in [2.75, 3.05) is 18.1 Å². The van der Waals surface area contributed by atoms with Crippen molar-refractivity contribution >= 4 is 17.5 Å². The van der Waals surface area contributed by atoms with Crippen LogP contribution in [0.5, 0.6) is 0 Å². The number of rotatable bonds is 8. The third kappa shape index (κ3) is 6.30. The van der Waals surface area contributed by atoms with E-state index in [4.69, 9.17) is 4.74 Å². The first-order chi connectivity index (χ1) is 16.1. The molecule has 0 aliphatic carbocycles. The van der Waals surface area contributed by atoms with E-state index < -0.39 is 0 Å². The van der Waals surface area contributed by atoms with E-state index in [0.717, 1.165) is 36.3 Å². The predicted octanol–water partition coefficient (Wildman–Crippen LogP) is 4.68. The highest BCUT2D eigenvalue weighted by Gasteiger charge is 2.19. The van der Waals surface area contributed by atoms with Gasteiger partial charge in [-0.2, -0.15) is 0 Å². The van der Waals surface area contributed by atoms with Gasteiger partial charge in [-0.05, 0) is 55.2 Å². The molecule has 1 aliphatic rings. The minimum atomic E-state index is -0.0572. The standard InChI is InChI=1S/C28H30N2O3/c1-21-9-11-23(12-10-21)20-30(28(32)24-6-3-2-4-7-24)25-15-13-22(14-16-25)18-27(31)29-19-26-8-5-17-33-26/h2-4,6-7,9-16,26H,5,8,17-20H2,1H3,(H,29,31)/t26-/m1/s1. The van der Waals surface area contributed by atoms with Crippen LogP contribution in [-0.2, 0) is 22.5 Å². The molecule has 0 spiro atoms. The second-order valence-electron chi connectivity index (χ2n) is 8.53.